The summed E-state index contributed by atoms with van der Waals surface area (Å²) in [4.78, 5) is 10.2. The third kappa shape index (κ3) is 2.30. The van der Waals surface area contributed by atoms with Gasteiger partial charge in [-0.2, -0.15) is 4.31 Å². The molecule has 0 aromatic heterocycles. The Balaban J connectivity index is 2.37. The first-order valence-electron chi connectivity index (χ1n) is 6.18. The van der Waals surface area contributed by atoms with Gasteiger partial charge in [0.1, 0.15) is 0 Å². The van der Waals surface area contributed by atoms with Crippen LogP contribution in [0.1, 0.15) is 18.9 Å². The zero-order valence-corrected chi connectivity index (χ0v) is 12.1. The van der Waals surface area contributed by atoms with Crippen LogP contribution in [0, 0.1) is 17.0 Å². The molecule has 0 radical (unpaired) electrons. The lowest BCUT2D eigenvalue weighted by Gasteiger charge is -2.44. The molecule has 8 heteroatoms. The van der Waals surface area contributed by atoms with Crippen LogP contribution in [0.2, 0.25) is 0 Å². The van der Waals surface area contributed by atoms with Crippen molar-refractivity contribution in [2.24, 2.45) is 0 Å². The van der Waals surface area contributed by atoms with Crippen LogP contribution >= 0.6 is 0 Å². The van der Waals surface area contributed by atoms with Gasteiger partial charge >= 0.3 is 0 Å². The van der Waals surface area contributed by atoms with Crippen LogP contribution in [0.5, 0.6) is 0 Å². The van der Waals surface area contributed by atoms with Crippen molar-refractivity contribution in [1.82, 2.24) is 4.31 Å². The predicted molar refractivity (Wildman–Crippen MR) is 71.8 cm³/mol. The van der Waals surface area contributed by atoms with Crippen LogP contribution in [0.4, 0.5) is 5.69 Å². The quantitative estimate of drug-likeness (QED) is 0.661. The van der Waals surface area contributed by atoms with E-state index in [1.165, 1.54) is 25.1 Å². The second-order valence-corrected chi connectivity index (χ2v) is 6.91. The maximum Gasteiger partial charge on any atom is 0.273 e. The number of hydrogen-bond acceptors (Lipinski definition) is 5. The lowest BCUT2D eigenvalue weighted by molar-refractivity contribution is -0.385. The number of hydrogen-bond donors (Lipinski definition) is 1. The molecule has 0 atom stereocenters. The molecule has 1 saturated heterocycles. The summed E-state index contributed by atoms with van der Waals surface area (Å²) >= 11 is 0. The summed E-state index contributed by atoms with van der Waals surface area (Å²) < 4.78 is 26.0. The summed E-state index contributed by atoms with van der Waals surface area (Å²) in [7, 11) is -3.80. The van der Waals surface area contributed by atoms with Crippen LogP contribution in [-0.4, -0.2) is 41.4 Å². The molecule has 20 heavy (non-hydrogen) atoms. The molecule has 1 aromatic rings. The molecule has 0 spiro atoms. The molecule has 1 aliphatic rings. The van der Waals surface area contributed by atoms with E-state index in [1.807, 2.05) is 0 Å². The van der Waals surface area contributed by atoms with Gasteiger partial charge in [-0.05, 0) is 19.4 Å². The summed E-state index contributed by atoms with van der Waals surface area (Å²) in [6.07, 6.45) is 0.465. The largest absolute Gasteiger partial charge is 0.387 e. The maximum absolute atomic E-state index is 12.4. The number of rotatable bonds is 4. The first-order valence-corrected chi connectivity index (χ1v) is 7.62. The van der Waals surface area contributed by atoms with Crippen molar-refractivity contribution in [2.75, 3.05) is 13.1 Å². The Morgan fingerprint density at radius 3 is 2.55 bits per heavy atom. The molecule has 0 unspecified atom stereocenters. The third-order valence-corrected chi connectivity index (χ3v) is 5.61. The van der Waals surface area contributed by atoms with E-state index in [0.29, 0.717) is 6.42 Å². The standard InChI is InChI=1S/C12H16N2O5S/c1-3-12(15)7-13(8-12)20(18,19)11-6-4-5-10(9(11)2)14(16)17/h4-6,15H,3,7-8H2,1-2H3. The Bertz CT molecular complexity index is 650. The number of nitro groups is 1. The normalized spacial score (nSPS) is 18.6. The smallest absolute Gasteiger partial charge is 0.273 e. The van der Waals surface area contributed by atoms with E-state index in [2.05, 4.69) is 0 Å². The molecule has 0 bridgehead atoms. The van der Waals surface area contributed by atoms with Gasteiger partial charge in [0, 0.05) is 24.7 Å². The highest BCUT2D eigenvalue weighted by Crippen LogP contribution is 2.33. The van der Waals surface area contributed by atoms with Crippen LogP contribution in [-0.2, 0) is 10.0 Å². The van der Waals surface area contributed by atoms with Crippen molar-refractivity contribution < 1.29 is 18.4 Å². The van der Waals surface area contributed by atoms with Crippen LogP contribution in [0.3, 0.4) is 0 Å². The fourth-order valence-electron chi connectivity index (χ4n) is 2.22. The van der Waals surface area contributed by atoms with E-state index in [1.54, 1.807) is 6.92 Å². The lowest BCUT2D eigenvalue weighted by Crippen LogP contribution is -2.62. The van der Waals surface area contributed by atoms with E-state index in [0.717, 1.165) is 4.31 Å². The summed E-state index contributed by atoms with van der Waals surface area (Å²) in [5.74, 6) is 0. The second kappa shape index (κ2) is 4.80. The molecule has 2 rings (SSSR count). The minimum Gasteiger partial charge on any atom is -0.387 e. The highest BCUT2D eigenvalue weighted by molar-refractivity contribution is 7.89. The minimum absolute atomic E-state index is 0.0218. The number of nitro benzene ring substituents is 1. The van der Waals surface area contributed by atoms with Crippen molar-refractivity contribution in [3.8, 4) is 0 Å². The van der Waals surface area contributed by atoms with E-state index in [9.17, 15) is 23.6 Å². The Hall–Kier alpha value is -1.51. The Morgan fingerprint density at radius 2 is 2.05 bits per heavy atom. The molecule has 110 valence electrons. The highest BCUT2D eigenvalue weighted by Gasteiger charge is 2.46. The van der Waals surface area contributed by atoms with Crippen LogP contribution < -0.4 is 0 Å². The summed E-state index contributed by atoms with van der Waals surface area (Å²) in [6.45, 7) is 3.24. The molecule has 1 aliphatic heterocycles. The molecule has 1 fully saturated rings. The van der Waals surface area contributed by atoms with Gasteiger partial charge in [0.05, 0.1) is 15.4 Å². The van der Waals surface area contributed by atoms with Crippen molar-refractivity contribution in [1.29, 1.82) is 0 Å². The number of sulfonamides is 1. The van der Waals surface area contributed by atoms with Crippen molar-refractivity contribution >= 4 is 15.7 Å². The molecule has 1 aromatic carbocycles. The van der Waals surface area contributed by atoms with Crippen LogP contribution in [0.15, 0.2) is 23.1 Å². The summed E-state index contributed by atoms with van der Waals surface area (Å²) in [5, 5.41) is 20.8. The Morgan fingerprint density at radius 1 is 1.45 bits per heavy atom. The van der Waals surface area contributed by atoms with Crippen molar-refractivity contribution in [3.63, 3.8) is 0 Å². The fraction of sp³-hybridized carbons (Fsp3) is 0.500. The number of β-amino-alcohol motifs (C(OH)–C–C–N with tert-alkyl or cyclic N) is 1. The molecular weight excluding hydrogens is 284 g/mol. The Kier molecular flexibility index (Phi) is 3.57. The van der Waals surface area contributed by atoms with Gasteiger partial charge in [0.15, 0.2) is 0 Å². The van der Waals surface area contributed by atoms with Gasteiger partial charge in [0.25, 0.3) is 5.69 Å². The van der Waals surface area contributed by atoms with E-state index in [4.69, 9.17) is 0 Å². The fourth-order valence-corrected chi connectivity index (χ4v) is 4.06. The van der Waals surface area contributed by atoms with Gasteiger partial charge in [-0.1, -0.05) is 13.0 Å². The molecule has 0 saturated carbocycles. The SMILES string of the molecule is CCC1(O)CN(S(=O)(=O)c2cccc([N+](=O)[O-])c2C)C1. The average Bonchev–Trinajstić information content (AvgIpc) is 2.34. The van der Waals surface area contributed by atoms with Gasteiger partial charge in [-0.3, -0.25) is 10.1 Å². The number of aliphatic hydroxyl groups is 1. The number of benzene rings is 1. The first kappa shape index (κ1) is 14.9. The molecule has 0 aliphatic carbocycles. The highest BCUT2D eigenvalue weighted by atomic mass is 32.2. The topological polar surface area (TPSA) is 101 Å². The van der Waals surface area contributed by atoms with Crippen LogP contribution in [0.25, 0.3) is 0 Å². The van der Waals surface area contributed by atoms with Crippen molar-refractivity contribution in [2.45, 2.75) is 30.8 Å². The van der Waals surface area contributed by atoms with E-state index >= 15 is 0 Å². The molecule has 1 heterocycles. The average molecular weight is 300 g/mol. The molecule has 0 amide bonds. The monoisotopic (exact) mass is 300 g/mol. The van der Waals surface area contributed by atoms with Gasteiger partial charge in [-0.15, -0.1) is 0 Å². The van der Waals surface area contributed by atoms with Gasteiger partial charge in [-0.25, -0.2) is 8.42 Å². The van der Waals surface area contributed by atoms with Gasteiger partial charge < -0.3 is 5.11 Å². The zero-order valence-electron chi connectivity index (χ0n) is 11.2. The summed E-state index contributed by atoms with van der Waals surface area (Å²) in [5.41, 5.74) is -1.09. The predicted octanol–water partition coefficient (Wildman–Crippen LogP) is 1.05. The minimum atomic E-state index is -3.80. The lowest BCUT2D eigenvalue weighted by atomic mass is 9.94. The maximum atomic E-state index is 12.4. The zero-order chi connectivity index (χ0) is 15.1. The number of nitrogens with zero attached hydrogens (tertiary/aromatic N) is 2. The summed E-state index contributed by atoms with van der Waals surface area (Å²) in [6, 6.07) is 3.97. The Labute approximate surface area is 117 Å². The third-order valence-electron chi connectivity index (χ3n) is 3.67. The van der Waals surface area contributed by atoms with Crippen molar-refractivity contribution in [3.05, 3.63) is 33.9 Å². The molecule has 1 N–H and O–H groups in total. The van der Waals surface area contributed by atoms with E-state index in [-0.39, 0.29) is 29.2 Å². The first-order chi connectivity index (χ1) is 9.21. The molecule has 7 nitrogen and oxygen atoms in total. The van der Waals surface area contributed by atoms with Gasteiger partial charge in [0.2, 0.25) is 10.0 Å². The second-order valence-electron chi connectivity index (χ2n) is 5.01. The van der Waals surface area contributed by atoms with E-state index < -0.39 is 20.5 Å². The molecular formula is C12H16N2O5S.